The van der Waals surface area contributed by atoms with Gasteiger partial charge in [0, 0.05) is 13.1 Å². The summed E-state index contributed by atoms with van der Waals surface area (Å²) in [6.45, 7) is 10.1. The molecular formula is C11H23NO3. The molecule has 4 heteroatoms. The second-order valence-electron chi connectivity index (χ2n) is 4.58. The highest BCUT2D eigenvalue weighted by molar-refractivity contribution is 5.68. The quantitative estimate of drug-likeness (QED) is 0.783. The third-order valence-electron chi connectivity index (χ3n) is 1.94. The Bertz CT molecular complexity index is 198. The van der Waals surface area contributed by atoms with Crippen LogP contribution in [0.3, 0.4) is 0 Å². The highest BCUT2D eigenvalue weighted by Gasteiger charge is 2.22. The van der Waals surface area contributed by atoms with Crippen molar-refractivity contribution < 1.29 is 14.6 Å². The second-order valence-corrected chi connectivity index (χ2v) is 4.58. The molecule has 0 aromatic heterocycles. The number of amides is 1. The van der Waals surface area contributed by atoms with E-state index < -0.39 is 11.7 Å². The third-order valence-corrected chi connectivity index (χ3v) is 1.94. The lowest BCUT2D eigenvalue weighted by atomic mass is 10.2. The molecule has 0 saturated carbocycles. The number of nitrogens with zero attached hydrogens (tertiary/aromatic N) is 1. The van der Waals surface area contributed by atoms with E-state index in [0.29, 0.717) is 19.5 Å². The maximum Gasteiger partial charge on any atom is 0.410 e. The summed E-state index contributed by atoms with van der Waals surface area (Å²) in [6.07, 6.45) is -0.200. The summed E-state index contributed by atoms with van der Waals surface area (Å²) in [7, 11) is 0. The van der Waals surface area contributed by atoms with Crippen LogP contribution in [0.1, 0.15) is 41.0 Å². The number of rotatable bonds is 4. The highest BCUT2D eigenvalue weighted by atomic mass is 16.6. The van der Waals surface area contributed by atoms with E-state index in [2.05, 4.69) is 0 Å². The largest absolute Gasteiger partial charge is 0.444 e. The molecule has 0 aliphatic heterocycles. The van der Waals surface area contributed by atoms with E-state index in [9.17, 15) is 9.90 Å². The van der Waals surface area contributed by atoms with Crippen LogP contribution in [0.2, 0.25) is 0 Å². The molecule has 0 bridgehead atoms. The van der Waals surface area contributed by atoms with E-state index in [1.807, 2.05) is 34.6 Å². The Morgan fingerprint density at radius 3 is 2.27 bits per heavy atom. The zero-order valence-electron chi connectivity index (χ0n) is 10.4. The molecular weight excluding hydrogens is 194 g/mol. The first-order chi connectivity index (χ1) is 6.80. The van der Waals surface area contributed by atoms with E-state index in [0.717, 1.165) is 0 Å². The standard InChI is InChI=1S/C11H23NO3/c1-6-9(13)8-12(7-2)10(14)15-11(3,4)5/h9,13H,6-8H2,1-5H3/t9-/m0/s1. The molecule has 0 spiro atoms. The second kappa shape index (κ2) is 5.95. The van der Waals surface area contributed by atoms with Crippen LogP contribution in [-0.2, 0) is 4.74 Å². The fourth-order valence-electron chi connectivity index (χ4n) is 1.04. The lowest BCUT2D eigenvalue weighted by Crippen LogP contribution is -2.40. The lowest BCUT2D eigenvalue weighted by Gasteiger charge is -2.27. The molecule has 0 unspecified atom stereocenters. The van der Waals surface area contributed by atoms with Crippen molar-refractivity contribution in [2.24, 2.45) is 0 Å². The maximum atomic E-state index is 11.6. The zero-order valence-corrected chi connectivity index (χ0v) is 10.4. The molecule has 1 amide bonds. The Kier molecular flexibility index (Phi) is 5.65. The molecule has 0 aliphatic carbocycles. The van der Waals surface area contributed by atoms with Crippen molar-refractivity contribution in [2.45, 2.75) is 52.7 Å². The summed E-state index contributed by atoms with van der Waals surface area (Å²) in [4.78, 5) is 13.1. The van der Waals surface area contributed by atoms with Gasteiger partial charge in [0.05, 0.1) is 6.10 Å². The molecule has 4 nitrogen and oxygen atoms in total. The van der Waals surface area contributed by atoms with Gasteiger partial charge in [-0.1, -0.05) is 6.92 Å². The van der Waals surface area contributed by atoms with Crippen molar-refractivity contribution >= 4 is 6.09 Å². The average Bonchev–Trinajstić information content (AvgIpc) is 2.10. The van der Waals surface area contributed by atoms with Gasteiger partial charge in [-0.25, -0.2) is 4.79 Å². The number of hydrogen-bond acceptors (Lipinski definition) is 3. The third kappa shape index (κ3) is 6.33. The van der Waals surface area contributed by atoms with Crippen LogP contribution in [-0.4, -0.2) is 40.9 Å². The van der Waals surface area contributed by atoms with Gasteiger partial charge >= 0.3 is 6.09 Å². The normalized spacial score (nSPS) is 13.5. The Hall–Kier alpha value is -0.770. The van der Waals surface area contributed by atoms with Crippen molar-refractivity contribution in [3.8, 4) is 0 Å². The molecule has 0 fully saturated rings. The van der Waals surface area contributed by atoms with E-state index in [1.165, 1.54) is 4.90 Å². The summed E-state index contributed by atoms with van der Waals surface area (Å²) in [5, 5.41) is 9.46. The maximum absolute atomic E-state index is 11.6. The SMILES string of the molecule is CC[C@H](O)CN(CC)C(=O)OC(C)(C)C. The van der Waals surface area contributed by atoms with E-state index >= 15 is 0 Å². The van der Waals surface area contributed by atoms with Crippen molar-refractivity contribution in [3.63, 3.8) is 0 Å². The number of likely N-dealkylation sites (N-methyl/N-ethyl adjacent to an activating group) is 1. The lowest BCUT2D eigenvalue weighted by molar-refractivity contribution is 0.0156. The predicted octanol–water partition coefficient (Wildman–Crippen LogP) is 2.01. The van der Waals surface area contributed by atoms with Gasteiger partial charge in [0.1, 0.15) is 5.60 Å². The topological polar surface area (TPSA) is 49.8 Å². The summed E-state index contributed by atoms with van der Waals surface area (Å²) in [6, 6.07) is 0. The van der Waals surface area contributed by atoms with Crippen LogP contribution >= 0.6 is 0 Å². The molecule has 90 valence electrons. The van der Waals surface area contributed by atoms with Gasteiger partial charge < -0.3 is 14.7 Å². The number of carbonyl (C=O) groups excluding carboxylic acids is 1. The Morgan fingerprint density at radius 2 is 1.93 bits per heavy atom. The summed E-state index contributed by atoms with van der Waals surface area (Å²) < 4.78 is 5.21. The van der Waals surface area contributed by atoms with E-state index in [-0.39, 0.29) is 6.09 Å². The van der Waals surface area contributed by atoms with Crippen LogP contribution in [0.4, 0.5) is 4.79 Å². The minimum absolute atomic E-state index is 0.335. The first-order valence-electron chi connectivity index (χ1n) is 5.46. The highest BCUT2D eigenvalue weighted by Crippen LogP contribution is 2.10. The number of ether oxygens (including phenoxy) is 1. The first-order valence-corrected chi connectivity index (χ1v) is 5.46. The molecule has 0 rings (SSSR count). The minimum atomic E-state index is -0.484. The van der Waals surface area contributed by atoms with Gasteiger partial charge in [-0.3, -0.25) is 0 Å². The summed E-state index contributed by atoms with van der Waals surface area (Å²) in [5.41, 5.74) is -0.484. The van der Waals surface area contributed by atoms with Crippen LogP contribution in [0, 0.1) is 0 Å². The van der Waals surface area contributed by atoms with E-state index in [4.69, 9.17) is 4.74 Å². The molecule has 0 saturated heterocycles. The molecule has 0 aromatic carbocycles. The number of carbonyl (C=O) groups is 1. The molecule has 0 aliphatic rings. The van der Waals surface area contributed by atoms with Gasteiger partial charge in [-0.15, -0.1) is 0 Å². The van der Waals surface area contributed by atoms with Gasteiger partial charge in [0.2, 0.25) is 0 Å². The number of aliphatic hydroxyl groups excluding tert-OH is 1. The van der Waals surface area contributed by atoms with Crippen molar-refractivity contribution in [2.75, 3.05) is 13.1 Å². The predicted molar refractivity (Wildman–Crippen MR) is 59.8 cm³/mol. The van der Waals surface area contributed by atoms with E-state index in [1.54, 1.807) is 0 Å². The number of hydrogen-bond donors (Lipinski definition) is 1. The van der Waals surface area contributed by atoms with Gasteiger partial charge in [-0.2, -0.15) is 0 Å². The fourth-order valence-corrected chi connectivity index (χ4v) is 1.04. The van der Waals surface area contributed by atoms with Crippen LogP contribution in [0.5, 0.6) is 0 Å². The molecule has 1 N–H and O–H groups in total. The molecule has 0 radical (unpaired) electrons. The molecule has 1 atom stereocenters. The Balaban J connectivity index is 4.23. The smallest absolute Gasteiger partial charge is 0.410 e. The summed E-state index contributed by atoms with van der Waals surface area (Å²) >= 11 is 0. The molecule has 0 heterocycles. The van der Waals surface area contributed by atoms with Gasteiger partial charge in [-0.05, 0) is 34.1 Å². The minimum Gasteiger partial charge on any atom is -0.444 e. The number of aliphatic hydroxyl groups is 1. The van der Waals surface area contributed by atoms with Crippen molar-refractivity contribution in [1.29, 1.82) is 0 Å². The Morgan fingerprint density at radius 1 is 1.40 bits per heavy atom. The zero-order chi connectivity index (χ0) is 12.1. The summed E-state index contributed by atoms with van der Waals surface area (Å²) in [5.74, 6) is 0. The van der Waals surface area contributed by atoms with Crippen LogP contribution in [0.15, 0.2) is 0 Å². The van der Waals surface area contributed by atoms with Gasteiger partial charge in [0.25, 0.3) is 0 Å². The molecule has 15 heavy (non-hydrogen) atoms. The van der Waals surface area contributed by atoms with Gasteiger partial charge in [0.15, 0.2) is 0 Å². The van der Waals surface area contributed by atoms with Crippen molar-refractivity contribution in [1.82, 2.24) is 4.90 Å². The van der Waals surface area contributed by atoms with Crippen LogP contribution < -0.4 is 0 Å². The Labute approximate surface area is 92.2 Å². The fraction of sp³-hybridized carbons (Fsp3) is 0.909. The molecule has 0 aromatic rings. The monoisotopic (exact) mass is 217 g/mol. The first kappa shape index (κ1) is 14.2. The average molecular weight is 217 g/mol. The van der Waals surface area contributed by atoms with Crippen LogP contribution in [0.25, 0.3) is 0 Å². The van der Waals surface area contributed by atoms with Crippen molar-refractivity contribution in [3.05, 3.63) is 0 Å².